The lowest BCUT2D eigenvalue weighted by molar-refractivity contribution is -0.0549. The molecule has 0 saturated carbocycles. The molecule has 0 radical (unpaired) electrons. The van der Waals surface area contributed by atoms with Crippen molar-refractivity contribution < 1.29 is 35.1 Å². The van der Waals surface area contributed by atoms with Gasteiger partial charge in [-0.3, -0.25) is 9.59 Å². The first-order valence-corrected chi connectivity index (χ1v) is 8.36. The van der Waals surface area contributed by atoms with E-state index in [9.17, 15) is 35.1 Å². The van der Waals surface area contributed by atoms with Crippen LogP contribution in [0.3, 0.4) is 0 Å². The Morgan fingerprint density at radius 2 is 1.52 bits per heavy atom. The van der Waals surface area contributed by atoms with Crippen LogP contribution in [0, 0.1) is 0 Å². The van der Waals surface area contributed by atoms with Crippen LogP contribution in [0.25, 0.3) is 11.1 Å². The van der Waals surface area contributed by atoms with E-state index in [0.29, 0.717) is 11.1 Å². The number of ketones is 2. The smallest absolute Gasteiger partial charge is 0.197 e. The van der Waals surface area contributed by atoms with Crippen LogP contribution in [-0.4, -0.2) is 49.3 Å². The van der Waals surface area contributed by atoms with Gasteiger partial charge in [0, 0.05) is 5.56 Å². The van der Waals surface area contributed by atoms with Gasteiger partial charge in [0.25, 0.3) is 0 Å². The molecule has 3 aliphatic carbocycles. The van der Waals surface area contributed by atoms with Crippen LogP contribution >= 0.6 is 0 Å². The standard InChI is InChI=1S/C20H14O7/c21-9-4-2-8-7-1-3-10(22)14-12(7)16(18(25)19(26)17(14)24)20(27)6-5-11(23)13(9)15(8)20/h1-6,16,18-19,21-22,25-27H/t16-,18+,19+,20-/m0/s1. The van der Waals surface area contributed by atoms with E-state index in [1.165, 1.54) is 30.3 Å². The molecule has 2 aromatic carbocycles. The highest BCUT2D eigenvalue weighted by atomic mass is 16.3. The minimum Gasteiger partial charge on any atom is -0.507 e. The van der Waals surface area contributed by atoms with Crippen molar-refractivity contribution in [3.8, 4) is 22.6 Å². The number of hydrogen-bond donors (Lipinski definition) is 5. The number of fused-ring (bicyclic) bond motifs is 2. The van der Waals surface area contributed by atoms with E-state index in [4.69, 9.17) is 0 Å². The maximum atomic E-state index is 12.5. The first-order chi connectivity index (χ1) is 12.8. The van der Waals surface area contributed by atoms with Crippen LogP contribution in [0.5, 0.6) is 11.5 Å². The molecule has 0 fully saturated rings. The number of carbonyl (C=O) groups excluding carboxylic acids is 2. The van der Waals surface area contributed by atoms with Gasteiger partial charge < -0.3 is 25.5 Å². The molecule has 136 valence electrons. The lowest BCUT2D eigenvalue weighted by atomic mass is 9.59. The van der Waals surface area contributed by atoms with Crippen molar-refractivity contribution in [2.45, 2.75) is 23.7 Å². The fourth-order valence-corrected chi connectivity index (χ4v) is 4.67. The zero-order chi connectivity index (χ0) is 19.2. The lowest BCUT2D eigenvalue weighted by Crippen LogP contribution is -2.53. The summed E-state index contributed by atoms with van der Waals surface area (Å²) in [4.78, 5) is 24.9. The molecular weight excluding hydrogens is 352 g/mol. The molecule has 0 aromatic heterocycles. The second kappa shape index (κ2) is 4.83. The summed E-state index contributed by atoms with van der Waals surface area (Å²) in [6.07, 6.45) is -1.22. The molecule has 2 aromatic rings. The first-order valence-electron chi connectivity index (χ1n) is 8.36. The van der Waals surface area contributed by atoms with Crippen LogP contribution in [0.2, 0.25) is 0 Å². The van der Waals surface area contributed by atoms with Crippen LogP contribution in [-0.2, 0) is 5.60 Å². The lowest BCUT2D eigenvalue weighted by Gasteiger charge is -2.48. The molecule has 0 bridgehead atoms. The van der Waals surface area contributed by atoms with Crippen molar-refractivity contribution >= 4 is 11.6 Å². The molecule has 27 heavy (non-hydrogen) atoms. The summed E-state index contributed by atoms with van der Waals surface area (Å²) in [5.74, 6) is -3.23. The molecule has 0 amide bonds. The highest BCUT2D eigenvalue weighted by molar-refractivity contribution is 6.12. The van der Waals surface area contributed by atoms with Gasteiger partial charge in [-0.25, -0.2) is 0 Å². The topological polar surface area (TPSA) is 135 Å². The van der Waals surface area contributed by atoms with Crippen molar-refractivity contribution in [3.63, 3.8) is 0 Å². The van der Waals surface area contributed by atoms with Crippen LogP contribution in [0.1, 0.15) is 37.8 Å². The van der Waals surface area contributed by atoms with Gasteiger partial charge in [0.15, 0.2) is 11.6 Å². The van der Waals surface area contributed by atoms with Gasteiger partial charge in [-0.2, -0.15) is 0 Å². The van der Waals surface area contributed by atoms with E-state index < -0.39 is 35.3 Å². The van der Waals surface area contributed by atoms with Crippen molar-refractivity contribution in [1.82, 2.24) is 0 Å². The summed E-state index contributed by atoms with van der Waals surface area (Å²) in [6, 6.07) is 5.64. The molecule has 0 unspecified atom stereocenters. The Morgan fingerprint density at radius 1 is 0.889 bits per heavy atom. The van der Waals surface area contributed by atoms with Gasteiger partial charge in [-0.15, -0.1) is 0 Å². The molecule has 7 heteroatoms. The number of Topliss-reactive ketones (excluding diaryl/α,β-unsaturated/α-hetero) is 1. The van der Waals surface area contributed by atoms with Gasteiger partial charge in [0.1, 0.15) is 23.2 Å². The third kappa shape index (κ3) is 1.71. The van der Waals surface area contributed by atoms with Gasteiger partial charge in [-0.05, 0) is 41.0 Å². The third-order valence-corrected chi connectivity index (χ3v) is 5.80. The van der Waals surface area contributed by atoms with Crippen molar-refractivity contribution in [1.29, 1.82) is 0 Å². The molecule has 0 heterocycles. The maximum Gasteiger partial charge on any atom is 0.197 e. The van der Waals surface area contributed by atoms with Crippen LogP contribution in [0.4, 0.5) is 0 Å². The minimum atomic E-state index is -1.95. The van der Waals surface area contributed by atoms with Crippen molar-refractivity contribution in [3.05, 3.63) is 58.7 Å². The Bertz CT molecular complexity index is 1100. The number of aliphatic hydroxyl groups excluding tert-OH is 2. The molecule has 0 spiro atoms. The fourth-order valence-electron chi connectivity index (χ4n) is 4.67. The average molecular weight is 366 g/mol. The third-order valence-electron chi connectivity index (χ3n) is 5.80. The molecule has 5 N–H and O–H groups in total. The molecule has 3 aliphatic rings. The Labute approximate surface area is 152 Å². The van der Waals surface area contributed by atoms with Crippen LogP contribution in [0.15, 0.2) is 36.4 Å². The Hall–Kier alpha value is -3.00. The van der Waals surface area contributed by atoms with Crippen molar-refractivity contribution in [2.24, 2.45) is 0 Å². The molecule has 0 aliphatic heterocycles. The quantitative estimate of drug-likeness (QED) is 0.464. The van der Waals surface area contributed by atoms with E-state index in [0.717, 1.165) is 6.08 Å². The number of aliphatic hydroxyl groups is 3. The molecule has 5 rings (SSSR count). The predicted octanol–water partition coefficient (Wildman–Crippen LogP) is 0.720. The van der Waals surface area contributed by atoms with Gasteiger partial charge in [0.05, 0.1) is 23.1 Å². The summed E-state index contributed by atoms with van der Waals surface area (Å²) in [5, 5.41) is 52.9. The predicted molar refractivity (Wildman–Crippen MR) is 91.7 cm³/mol. The second-order valence-corrected chi connectivity index (χ2v) is 7.10. The number of hydrogen-bond acceptors (Lipinski definition) is 7. The Kier molecular flexibility index (Phi) is 2.90. The normalized spacial score (nSPS) is 30.1. The summed E-state index contributed by atoms with van der Waals surface area (Å²) in [5.41, 5.74) is -1.02. The van der Waals surface area contributed by atoms with Crippen molar-refractivity contribution in [2.75, 3.05) is 0 Å². The number of phenols is 2. The summed E-state index contributed by atoms with van der Waals surface area (Å²) >= 11 is 0. The largest absolute Gasteiger partial charge is 0.507 e. The van der Waals surface area contributed by atoms with E-state index >= 15 is 0 Å². The number of aromatic hydroxyl groups is 2. The molecule has 0 saturated heterocycles. The number of rotatable bonds is 0. The highest BCUT2D eigenvalue weighted by Crippen LogP contribution is 2.58. The van der Waals surface area contributed by atoms with Crippen LogP contribution < -0.4 is 0 Å². The summed E-state index contributed by atoms with van der Waals surface area (Å²) in [7, 11) is 0. The zero-order valence-corrected chi connectivity index (χ0v) is 13.7. The maximum absolute atomic E-state index is 12.5. The fraction of sp³-hybridized carbons (Fsp3) is 0.200. The second-order valence-electron chi connectivity index (χ2n) is 7.10. The Balaban J connectivity index is 2.00. The van der Waals surface area contributed by atoms with E-state index in [1.807, 2.05) is 0 Å². The molecular formula is C20H14O7. The average Bonchev–Trinajstić information content (AvgIpc) is 2.63. The number of phenolic OH excluding ortho intramolecular Hbond substituents is 2. The zero-order valence-electron chi connectivity index (χ0n) is 13.7. The minimum absolute atomic E-state index is 0.0867. The van der Waals surface area contributed by atoms with Gasteiger partial charge >= 0.3 is 0 Å². The first kappa shape index (κ1) is 16.2. The number of allylic oxidation sites excluding steroid dienone is 1. The molecule has 4 atom stereocenters. The Morgan fingerprint density at radius 3 is 2.22 bits per heavy atom. The van der Waals surface area contributed by atoms with Gasteiger partial charge in [-0.1, -0.05) is 12.1 Å². The number of benzene rings is 2. The van der Waals surface area contributed by atoms with E-state index in [1.54, 1.807) is 0 Å². The summed E-state index contributed by atoms with van der Waals surface area (Å²) in [6.45, 7) is 0. The monoisotopic (exact) mass is 366 g/mol. The van der Waals surface area contributed by atoms with Gasteiger partial charge in [0.2, 0.25) is 0 Å². The molecule has 7 nitrogen and oxygen atoms in total. The number of carbonyl (C=O) groups is 2. The highest BCUT2D eigenvalue weighted by Gasteiger charge is 2.57. The SMILES string of the molecule is O=C1C=C[C@]2(O)c3c(ccc(O)c31)-c1ccc(O)c3c1[C@H]2[C@@H](O)[C@H](O)C3=O. The van der Waals surface area contributed by atoms with E-state index in [2.05, 4.69) is 0 Å². The summed E-state index contributed by atoms with van der Waals surface area (Å²) < 4.78 is 0. The van der Waals surface area contributed by atoms with E-state index in [-0.39, 0.29) is 33.8 Å².